The van der Waals surface area contributed by atoms with Crippen molar-refractivity contribution in [2.24, 2.45) is 0 Å². The highest BCUT2D eigenvalue weighted by Gasteiger charge is 2.12. The van der Waals surface area contributed by atoms with Crippen LogP contribution in [0.15, 0.2) is 12.8 Å². The second-order valence-electron chi connectivity index (χ2n) is 5.87. The van der Waals surface area contributed by atoms with Crippen LogP contribution >= 0.6 is 0 Å². The first-order chi connectivity index (χ1) is 10.9. The summed E-state index contributed by atoms with van der Waals surface area (Å²) in [6.45, 7) is 15.1. The smallest absolute Gasteiger partial charge is 0.118 e. The number of ether oxygens (including phenoxy) is 5. The van der Waals surface area contributed by atoms with Crippen molar-refractivity contribution in [1.29, 1.82) is 0 Å². The molecule has 5 unspecified atom stereocenters. The van der Waals surface area contributed by atoms with Crippen molar-refractivity contribution in [3.63, 3.8) is 0 Å². The molecule has 0 aliphatic rings. The van der Waals surface area contributed by atoms with E-state index < -0.39 is 0 Å². The Hall–Kier alpha value is -0.660. The molecular formula is C17H34O6. The molecular weight excluding hydrogens is 300 g/mol. The molecule has 0 aromatic rings. The van der Waals surface area contributed by atoms with E-state index in [1.807, 2.05) is 34.6 Å². The van der Waals surface area contributed by atoms with E-state index in [9.17, 15) is 0 Å². The van der Waals surface area contributed by atoms with E-state index in [-0.39, 0.29) is 37.1 Å². The molecule has 0 saturated carbocycles. The van der Waals surface area contributed by atoms with Gasteiger partial charge in [-0.1, -0.05) is 6.58 Å². The highest BCUT2D eigenvalue weighted by molar-refractivity contribution is 4.59. The molecule has 1 N–H and O–H groups in total. The van der Waals surface area contributed by atoms with Gasteiger partial charge in [-0.3, -0.25) is 0 Å². The first-order valence-electron chi connectivity index (χ1n) is 8.22. The summed E-state index contributed by atoms with van der Waals surface area (Å²) in [5, 5.41) is 8.89. The van der Waals surface area contributed by atoms with E-state index in [4.69, 9.17) is 28.8 Å². The van der Waals surface area contributed by atoms with Crippen LogP contribution in [0.2, 0.25) is 0 Å². The van der Waals surface area contributed by atoms with Crippen LogP contribution in [0, 0.1) is 0 Å². The molecule has 0 amide bonds. The zero-order valence-corrected chi connectivity index (χ0v) is 15.2. The van der Waals surface area contributed by atoms with E-state index in [0.29, 0.717) is 26.4 Å². The van der Waals surface area contributed by atoms with Gasteiger partial charge < -0.3 is 28.8 Å². The van der Waals surface area contributed by atoms with E-state index in [0.717, 1.165) is 0 Å². The predicted octanol–water partition coefficient (Wildman–Crippen LogP) is 2.15. The number of aliphatic hydroxyl groups excluding tert-OH is 1. The Morgan fingerprint density at radius 2 is 1.04 bits per heavy atom. The summed E-state index contributed by atoms with van der Waals surface area (Å²) >= 11 is 0. The zero-order valence-electron chi connectivity index (χ0n) is 15.2. The number of hydrogen-bond acceptors (Lipinski definition) is 6. The molecule has 0 heterocycles. The van der Waals surface area contributed by atoms with E-state index >= 15 is 0 Å². The minimum Gasteiger partial charge on any atom is -0.497 e. The normalized spacial score (nSPS) is 18.0. The molecule has 0 aliphatic carbocycles. The van der Waals surface area contributed by atoms with Crippen molar-refractivity contribution in [2.75, 3.05) is 33.0 Å². The molecule has 0 aromatic heterocycles. The molecule has 0 aromatic carbocycles. The lowest BCUT2D eigenvalue weighted by molar-refractivity contribution is -0.0940. The summed E-state index contributed by atoms with van der Waals surface area (Å²) < 4.78 is 27.6. The summed E-state index contributed by atoms with van der Waals surface area (Å²) in [7, 11) is 0. The maximum atomic E-state index is 8.89. The molecule has 0 bridgehead atoms. The van der Waals surface area contributed by atoms with E-state index in [1.54, 1.807) is 0 Å². The quantitative estimate of drug-likeness (QED) is 0.463. The monoisotopic (exact) mass is 334 g/mol. The lowest BCUT2D eigenvalue weighted by Gasteiger charge is -2.21. The van der Waals surface area contributed by atoms with Gasteiger partial charge in [-0.2, -0.15) is 0 Å². The van der Waals surface area contributed by atoms with E-state index in [2.05, 4.69) is 6.58 Å². The fraction of sp³-hybridized carbons (Fsp3) is 0.882. The van der Waals surface area contributed by atoms with Crippen LogP contribution in [0.4, 0.5) is 0 Å². The Morgan fingerprint density at radius 3 is 1.39 bits per heavy atom. The molecule has 138 valence electrons. The van der Waals surface area contributed by atoms with Gasteiger partial charge in [0.2, 0.25) is 0 Å². The van der Waals surface area contributed by atoms with Crippen LogP contribution in [0.3, 0.4) is 0 Å². The van der Waals surface area contributed by atoms with Gasteiger partial charge in [0.05, 0.1) is 63.7 Å². The Balaban J connectivity index is 3.68. The topological polar surface area (TPSA) is 66.4 Å². The maximum absolute atomic E-state index is 8.89. The van der Waals surface area contributed by atoms with Crippen LogP contribution < -0.4 is 0 Å². The molecule has 0 fully saturated rings. The maximum Gasteiger partial charge on any atom is 0.118 e. The summed E-state index contributed by atoms with van der Waals surface area (Å²) in [6.07, 6.45) is 1.15. The fourth-order valence-corrected chi connectivity index (χ4v) is 1.60. The van der Waals surface area contributed by atoms with Crippen molar-refractivity contribution in [1.82, 2.24) is 0 Å². The molecule has 6 heteroatoms. The average Bonchev–Trinajstić information content (AvgIpc) is 2.54. The van der Waals surface area contributed by atoms with Crippen LogP contribution in [0.25, 0.3) is 0 Å². The lowest BCUT2D eigenvalue weighted by atomic mass is 10.3. The standard InChI is InChI=1S/C17H34O6/c1-7-19-14(3)9-21-16(5)11-23-17(6)12-22-15(4)10-20-13(2)8-18/h7,13-18H,1,8-12H2,2-6H3. The largest absolute Gasteiger partial charge is 0.497 e. The second kappa shape index (κ2) is 13.7. The number of hydrogen-bond donors (Lipinski definition) is 1. The molecule has 23 heavy (non-hydrogen) atoms. The summed E-state index contributed by atoms with van der Waals surface area (Å²) in [5.41, 5.74) is 0. The zero-order chi connectivity index (χ0) is 17.7. The van der Waals surface area contributed by atoms with Crippen LogP contribution in [0.1, 0.15) is 34.6 Å². The average molecular weight is 334 g/mol. The van der Waals surface area contributed by atoms with Gasteiger partial charge in [-0.15, -0.1) is 0 Å². The van der Waals surface area contributed by atoms with Crippen LogP contribution in [0.5, 0.6) is 0 Å². The van der Waals surface area contributed by atoms with Gasteiger partial charge in [0.25, 0.3) is 0 Å². The van der Waals surface area contributed by atoms with E-state index in [1.165, 1.54) is 6.26 Å². The summed E-state index contributed by atoms with van der Waals surface area (Å²) in [5.74, 6) is 0. The lowest BCUT2D eigenvalue weighted by Crippen LogP contribution is -2.28. The Labute approximate surface area is 140 Å². The van der Waals surface area contributed by atoms with Gasteiger partial charge in [0.1, 0.15) is 6.10 Å². The van der Waals surface area contributed by atoms with Crippen LogP contribution in [-0.4, -0.2) is 68.7 Å². The van der Waals surface area contributed by atoms with Gasteiger partial charge in [0.15, 0.2) is 0 Å². The predicted molar refractivity (Wildman–Crippen MR) is 89.5 cm³/mol. The van der Waals surface area contributed by atoms with Gasteiger partial charge in [0, 0.05) is 0 Å². The van der Waals surface area contributed by atoms with Crippen LogP contribution in [-0.2, 0) is 23.7 Å². The molecule has 0 radical (unpaired) electrons. The third-order valence-corrected chi connectivity index (χ3v) is 3.05. The first-order valence-corrected chi connectivity index (χ1v) is 8.22. The molecule has 5 atom stereocenters. The summed E-state index contributed by atoms with van der Waals surface area (Å²) in [4.78, 5) is 0. The van der Waals surface area contributed by atoms with Gasteiger partial charge in [-0.25, -0.2) is 0 Å². The molecule has 0 aliphatic heterocycles. The Morgan fingerprint density at radius 1 is 0.696 bits per heavy atom. The minimum atomic E-state index is -0.166. The van der Waals surface area contributed by atoms with Crippen molar-refractivity contribution in [3.05, 3.63) is 12.8 Å². The summed E-state index contributed by atoms with van der Waals surface area (Å²) in [6, 6.07) is 0. The van der Waals surface area contributed by atoms with Crippen molar-refractivity contribution in [3.8, 4) is 0 Å². The number of aliphatic hydroxyl groups is 1. The Kier molecular flexibility index (Phi) is 13.4. The van der Waals surface area contributed by atoms with Gasteiger partial charge >= 0.3 is 0 Å². The second-order valence-corrected chi connectivity index (χ2v) is 5.87. The Bertz CT molecular complexity index is 286. The van der Waals surface area contributed by atoms with Crippen molar-refractivity contribution < 1.29 is 28.8 Å². The fourth-order valence-electron chi connectivity index (χ4n) is 1.60. The SMILES string of the molecule is C=COC(C)COC(C)COC(C)COC(C)COC(C)CO. The highest BCUT2D eigenvalue weighted by Crippen LogP contribution is 2.03. The molecule has 6 nitrogen and oxygen atoms in total. The van der Waals surface area contributed by atoms with Crippen molar-refractivity contribution >= 4 is 0 Å². The third kappa shape index (κ3) is 13.5. The minimum absolute atomic E-state index is 0.0144. The van der Waals surface area contributed by atoms with Gasteiger partial charge in [-0.05, 0) is 34.6 Å². The molecule has 0 rings (SSSR count). The molecule has 0 saturated heterocycles. The highest BCUT2D eigenvalue weighted by atomic mass is 16.6. The molecule has 0 spiro atoms. The third-order valence-electron chi connectivity index (χ3n) is 3.05. The first kappa shape index (κ1) is 22.3. The van der Waals surface area contributed by atoms with Crippen molar-refractivity contribution in [2.45, 2.75) is 65.1 Å². The number of rotatable bonds is 15.